The highest BCUT2D eigenvalue weighted by Crippen LogP contribution is 2.32. The normalized spacial score (nSPS) is 14.2. The minimum absolute atomic E-state index is 0.321. The van der Waals surface area contributed by atoms with Crippen molar-refractivity contribution < 1.29 is 9.63 Å². The molecule has 6 rings (SSSR count). The topological polar surface area (TPSA) is 96.9 Å². The van der Waals surface area contributed by atoms with Crippen LogP contribution in [0.1, 0.15) is 35.4 Å². The number of H-pyrrole nitrogens is 1. The maximum atomic E-state index is 12.6. The molecule has 180 valence electrons. The van der Waals surface area contributed by atoms with Gasteiger partial charge in [-0.25, -0.2) is 14.8 Å². The number of carbonyl (C=O) groups is 1. The van der Waals surface area contributed by atoms with E-state index in [1.165, 1.54) is 17.8 Å². The van der Waals surface area contributed by atoms with Crippen molar-refractivity contribution in [3.8, 4) is 33.2 Å². The number of nitrogens with one attached hydrogen (secondary N) is 1. The number of nitrogens with zero attached hydrogens (tertiary/aromatic N) is 5. The van der Waals surface area contributed by atoms with Crippen LogP contribution in [0.4, 0.5) is 0 Å². The lowest BCUT2D eigenvalue weighted by Crippen LogP contribution is -2.32. The average molecular weight is 497 g/mol. The molecule has 36 heavy (non-hydrogen) atoms. The second-order valence-electron chi connectivity index (χ2n) is 8.83. The monoisotopic (exact) mass is 496 g/mol. The third-order valence-corrected chi connectivity index (χ3v) is 7.12. The fraction of sp³-hybridized carbons (Fsp3) is 0.222. The number of rotatable bonds is 5. The molecule has 5 heterocycles. The predicted molar refractivity (Wildman–Crippen MR) is 139 cm³/mol. The predicted octanol–water partition coefficient (Wildman–Crippen LogP) is 5.68. The molecule has 1 N–H and O–H groups in total. The van der Waals surface area contributed by atoms with Crippen molar-refractivity contribution in [2.24, 2.45) is 0 Å². The molecule has 0 amide bonds. The first-order chi connectivity index (χ1) is 17.6. The van der Waals surface area contributed by atoms with Crippen LogP contribution in [0.5, 0.6) is 0 Å². The molecular weight excluding hydrogens is 472 g/mol. The minimum Gasteiger partial charge on any atom is -0.363 e. The Morgan fingerprint density at radius 1 is 1.03 bits per heavy atom. The molecule has 1 aromatic carbocycles. The van der Waals surface area contributed by atoms with Crippen LogP contribution in [0.15, 0.2) is 60.4 Å². The van der Waals surface area contributed by atoms with Gasteiger partial charge in [-0.2, -0.15) is 0 Å². The molecule has 1 aliphatic rings. The molecule has 9 heteroatoms. The molecule has 0 unspecified atom stereocenters. The van der Waals surface area contributed by atoms with Gasteiger partial charge >= 0.3 is 5.97 Å². The van der Waals surface area contributed by atoms with Crippen LogP contribution in [0, 0.1) is 6.92 Å². The standard InChI is InChI=1S/C27H24N6O2S/c1-17-6-5-7-22(31-17)25-24(29-16-30-25)18-8-9-21-19(12-18)13-20(14-28-21)26-32-23(15-36-26)27(34)35-33-10-3-2-4-11-33/h5-9,12-16H,2-4,10-11H2,1H3,(H,29,30). The molecule has 8 nitrogen and oxygen atoms in total. The lowest BCUT2D eigenvalue weighted by molar-refractivity contribution is -0.119. The van der Waals surface area contributed by atoms with E-state index in [1.807, 2.05) is 43.3 Å². The molecule has 5 aromatic rings. The number of pyridine rings is 2. The molecule has 0 radical (unpaired) electrons. The number of fused-ring (bicyclic) bond motifs is 1. The van der Waals surface area contributed by atoms with Crippen molar-refractivity contribution in [1.82, 2.24) is 30.0 Å². The number of benzene rings is 1. The van der Waals surface area contributed by atoms with E-state index in [4.69, 9.17) is 4.84 Å². The zero-order chi connectivity index (χ0) is 24.5. The molecule has 0 atom stereocenters. The molecule has 4 aromatic heterocycles. The molecule has 1 aliphatic heterocycles. The highest BCUT2D eigenvalue weighted by molar-refractivity contribution is 7.13. The van der Waals surface area contributed by atoms with Crippen LogP contribution in [-0.4, -0.2) is 49.0 Å². The molecule has 1 saturated heterocycles. The van der Waals surface area contributed by atoms with Gasteiger partial charge in [0.1, 0.15) is 5.01 Å². The van der Waals surface area contributed by atoms with E-state index in [9.17, 15) is 4.79 Å². The summed E-state index contributed by atoms with van der Waals surface area (Å²) in [6.07, 6.45) is 6.74. The van der Waals surface area contributed by atoms with Gasteiger partial charge in [-0.3, -0.25) is 9.97 Å². The number of aromatic nitrogens is 5. The SMILES string of the molecule is Cc1cccc(-c2[nH]cnc2-c2ccc3ncc(-c4nc(C(=O)ON5CCCCC5)cs4)cc3c2)n1. The van der Waals surface area contributed by atoms with Crippen LogP contribution in [0.3, 0.4) is 0 Å². The molecule has 0 saturated carbocycles. The van der Waals surface area contributed by atoms with Crippen molar-refractivity contribution in [3.05, 3.63) is 71.8 Å². The summed E-state index contributed by atoms with van der Waals surface area (Å²) < 4.78 is 0. The summed E-state index contributed by atoms with van der Waals surface area (Å²) in [5.41, 5.74) is 6.51. The van der Waals surface area contributed by atoms with Crippen molar-refractivity contribution in [2.45, 2.75) is 26.2 Å². The third-order valence-electron chi connectivity index (χ3n) is 6.23. The second kappa shape index (κ2) is 9.60. The Balaban J connectivity index is 1.28. The summed E-state index contributed by atoms with van der Waals surface area (Å²) in [7, 11) is 0. The average Bonchev–Trinajstić information content (AvgIpc) is 3.59. The first-order valence-electron chi connectivity index (χ1n) is 11.9. The van der Waals surface area contributed by atoms with E-state index in [0.29, 0.717) is 5.69 Å². The Labute approximate surface area is 212 Å². The fourth-order valence-electron chi connectivity index (χ4n) is 4.41. The number of hydroxylamine groups is 2. The zero-order valence-electron chi connectivity index (χ0n) is 19.8. The van der Waals surface area contributed by atoms with Crippen LogP contribution in [0.2, 0.25) is 0 Å². The van der Waals surface area contributed by atoms with Crippen LogP contribution < -0.4 is 0 Å². The Bertz CT molecular complexity index is 1550. The summed E-state index contributed by atoms with van der Waals surface area (Å²) in [6.45, 7) is 3.52. The van der Waals surface area contributed by atoms with Gasteiger partial charge in [0, 0.05) is 46.9 Å². The number of carbonyl (C=O) groups excluding carboxylic acids is 1. The number of piperidine rings is 1. The van der Waals surface area contributed by atoms with Crippen molar-refractivity contribution in [1.29, 1.82) is 0 Å². The van der Waals surface area contributed by atoms with Crippen molar-refractivity contribution in [2.75, 3.05) is 13.1 Å². The van der Waals surface area contributed by atoms with Gasteiger partial charge < -0.3 is 9.82 Å². The van der Waals surface area contributed by atoms with Crippen molar-refractivity contribution >= 4 is 28.2 Å². The van der Waals surface area contributed by atoms with Gasteiger partial charge in [0.05, 0.1) is 28.9 Å². The Morgan fingerprint density at radius 3 is 2.75 bits per heavy atom. The van der Waals surface area contributed by atoms with Gasteiger partial charge in [-0.1, -0.05) is 18.6 Å². The number of hydrogen-bond donors (Lipinski definition) is 1. The Hall–Kier alpha value is -3.95. The molecule has 0 spiro atoms. The number of imidazole rings is 1. The summed E-state index contributed by atoms with van der Waals surface area (Å²) in [5, 5.41) is 5.17. The Kier molecular flexibility index (Phi) is 6.00. The second-order valence-corrected chi connectivity index (χ2v) is 9.69. The highest BCUT2D eigenvalue weighted by atomic mass is 32.1. The Morgan fingerprint density at radius 2 is 1.89 bits per heavy atom. The first kappa shape index (κ1) is 22.5. The summed E-state index contributed by atoms with van der Waals surface area (Å²) in [4.78, 5) is 39.7. The van der Waals surface area contributed by atoms with Crippen molar-refractivity contribution in [3.63, 3.8) is 0 Å². The molecular formula is C27H24N6O2S. The largest absolute Gasteiger partial charge is 0.376 e. The summed E-state index contributed by atoms with van der Waals surface area (Å²) in [6, 6.07) is 14.1. The maximum Gasteiger partial charge on any atom is 0.376 e. The van der Waals surface area contributed by atoms with E-state index < -0.39 is 5.97 Å². The maximum absolute atomic E-state index is 12.6. The summed E-state index contributed by atoms with van der Waals surface area (Å²) >= 11 is 1.41. The van der Waals surface area contributed by atoms with E-state index in [-0.39, 0.29) is 0 Å². The molecule has 0 bridgehead atoms. The van der Waals surface area contributed by atoms with E-state index >= 15 is 0 Å². The van der Waals surface area contributed by atoms with E-state index in [2.05, 4.69) is 31.0 Å². The van der Waals surface area contributed by atoms with Crippen LogP contribution in [0.25, 0.3) is 44.1 Å². The number of aromatic amines is 1. The van der Waals surface area contributed by atoms with E-state index in [1.54, 1.807) is 23.0 Å². The van der Waals surface area contributed by atoms with Gasteiger partial charge in [0.2, 0.25) is 0 Å². The number of thiazole rings is 1. The van der Waals surface area contributed by atoms with Crippen LogP contribution in [-0.2, 0) is 4.84 Å². The molecule has 1 fully saturated rings. The lowest BCUT2D eigenvalue weighted by Gasteiger charge is -2.24. The van der Waals surface area contributed by atoms with Crippen LogP contribution >= 0.6 is 11.3 Å². The smallest absolute Gasteiger partial charge is 0.363 e. The van der Waals surface area contributed by atoms with Gasteiger partial charge in [0.15, 0.2) is 5.69 Å². The first-order valence-corrected chi connectivity index (χ1v) is 12.8. The summed E-state index contributed by atoms with van der Waals surface area (Å²) in [5.74, 6) is -0.411. The van der Waals surface area contributed by atoms with E-state index in [0.717, 1.165) is 75.7 Å². The zero-order valence-corrected chi connectivity index (χ0v) is 20.6. The van der Waals surface area contributed by atoms with Gasteiger partial charge in [0.25, 0.3) is 0 Å². The third kappa shape index (κ3) is 4.50. The molecule has 0 aliphatic carbocycles. The highest BCUT2D eigenvalue weighted by Gasteiger charge is 2.20. The minimum atomic E-state index is -0.411. The fourth-order valence-corrected chi connectivity index (χ4v) is 5.18. The number of hydrogen-bond acceptors (Lipinski definition) is 8. The lowest BCUT2D eigenvalue weighted by atomic mass is 10.0. The van der Waals surface area contributed by atoms with Gasteiger partial charge in [-0.05, 0) is 50.1 Å². The number of aryl methyl sites for hydroxylation is 1. The quantitative estimate of drug-likeness (QED) is 0.334. The van der Waals surface area contributed by atoms with Gasteiger partial charge in [-0.15, -0.1) is 16.4 Å².